The largest absolute Gasteiger partial charge is 0.437 e. The van der Waals surface area contributed by atoms with Crippen molar-refractivity contribution >= 4 is 17.2 Å². The van der Waals surface area contributed by atoms with Gasteiger partial charge in [-0.1, -0.05) is 18.9 Å². The molecule has 7 heteroatoms. The molecule has 1 aliphatic rings. The molecule has 0 aromatic carbocycles. The zero-order valence-electron chi connectivity index (χ0n) is 10.9. The van der Waals surface area contributed by atoms with Crippen LogP contribution >= 0.6 is 11.3 Å². The maximum atomic E-state index is 11.9. The number of thiophene rings is 1. The molecule has 2 aromatic heterocycles. The third kappa shape index (κ3) is 2.82. The van der Waals surface area contributed by atoms with Crippen LogP contribution in [-0.2, 0) is 11.3 Å². The first kappa shape index (κ1) is 13.1. The molecule has 0 atom stereocenters. The van der Waals surface area contributed by atoms with Crippen LogP contribution in [0.25, 0.3) is 10.8 Å². The van der Waals surface area contributed by atoms with E-state index in [0.29, 0.717) is 0 Å². The van der Waals surface area contributed by atoms with Gasteiger partial charge in [-0.05, 0) is 24.3 Å². The van der Waals surface area contributed by atoms with Gasteiger partial charge in [-0.2, -0.15) is 4.68 Å². The van der Waals surface area contributed by atoms with Gasteiger partial charge in [0.15, 0.2) is 0 Å². The summed E-state index contributed by atoms with van der Waals surface area (Å²) in [6, 6.07) is 3.91. The Hall–Kier alpha value is -1.89. The number of nitrogens with zero attached hydrogens (tertiary/aromatic N) is 2. The molecule has 1 fully saturated rings. The first-order chi connectivity index (χ1) is 9.72. The van der Waals surface area contributed by atoms with E-state index in [9.17, 15) is 9.59 Å². The standard InChI is InChI=1S/C13H15N3O3S/c17-11(14-9-4-1-2-5-9)8-16-13(18)19-12(15-16)10-6-3-7-20-10/h3,6-7,9H,1-2,4-5,8H2,(H,14,17). The van der Waals surface area contributed by atoms with Crippen LogP contribution in [0.5, 0.6) is 0 Å². The lowest BCUT2D eigenvalue weighted by molar-refractivity contribution is -0.122. The number of hydrogen-bond donors (Lipinski definition) is 1. The number of amides is 1. The van der Waals surface area contributed by atoms with E-state index in [0.717, 1.165) is 35.2 Å². The Morgan fingerprint density at radius 2 is 2.30 bits per heavy atom. The molecule has 0 spiro atoms. The molecular weight excluding hydrogens is 278 g/mol. The highest BCUT2D eigenvalue weighted by Gasteiger charge is 2.19. The molecule has 1 aliphatic carbocycles. The van der Waals surface area contributed by atoms with E-state index in [4.69, 9.17) is 4.42 Å². The lowest BCUT2D eigenvalue weighted by atomic mass is 10.2. The normalized spacial score (nSPS) is 15.6. The van der Waals surface area contributed by atoms with Crippen molar-refractivity contribution in [3.05, 3.63) is 28.1 Å². The van der Waals surface area contributed by atoms with Crippen molar-refractivity contribution in [2.45, 2.75) is 38.3 Å². The molecule has 2 aromatic rings. The Morgan fingerprint density at radius 1 is 1.50 bits per heavy atom. The lowest BCUT2D eigenvalue weighted by Gasteiger charge is -2.10. The average Bonchev–Trinajstić information content (AvgIpc) is 3.12. The van der Waals surface area contributed by atoms with E-state index >= 15 is 0 Å². The van der Waals surface area contributed by atoms with E-state index in [2.05, 4.69) is 10.4 Å². The minimum Gasteiger partial charge on any atom is -0.387 e. The second kappa shape index (κ2) is 5.62. The van der Waals surface area contributed by atoms with Crippen LogP contribution in [0.1, 0.15) is 25.7 Å². The molecule has 0 radical (unpaired) electrons. The minimum absolute atomic E-state index is 0.0930. The van der Waals surface area contributed by atoms with Gasteiger partial charge in [0.25, 0.3) is 5.89 Å². The van der Waals surface area contributed by atoms with Gasteiger partial charge in [-0.15, -0.1) is 16.4 Å². The molecule has 0 saturated heterocycles. The molecular formula is C13H15N3O3S. The van der Waals surface area contributed by atoms with E-state index in [1.165, 1.54) is 11.3 Å². The fourth-order valence-corrected chi connectivity index (χ4v) is 3.03. The highest BCUT2D eigenvalue weighted by atomic mass is 32.1. The van der Waals surface area contributed by atoms with Gasteiger partial charge >= 0.3 is 5.76 Å². The Kier molecular flexibility index (Phi) is 3.68. The van der Waals surface area contributed by atoms with Gasteiger partial charge in [0.1, 0.15) is 6.54 Å². The summed E-state index contributed by atoms with van der Waals surface area (Å²) < 4.78 is 6.13. The molecule has 2 heterocycles. The van der Waals surface area contributed by atoms with Crippen LogP contribution in [-0.4, -0.2) is 21.7 Å². The smallest absolute Gasteiger partial charge is 0.387 e. The maximum absolute atomic E-state index is 11.9. The number of carbonyl (C=O) groups excluding carboxylic acids is 1. The Labute approximate surface area is 119 Å². The second-order valence-electron chi connectivity index (χ2n) is 4.86. The topological polar surface area (TPSA) is 77.1 Å². The van der Waals surface area contributed by atoms with Gasteiger partial charge in [-0.3, -0.25) is 4.79 Å². The van der Waals surface area contributed by atoms with Crippen LogP contribution < -0.4 is 11.1 Å². The van der Waals surface area contributed by atoms with Gasteiger partial charge in [0, 0.05) is 6.04 Å². The summed E-state index contributed by atoms with van der Waals surface area (Å²) in [6.07, 6.45) is 4.33. The van der Waals surface area contributed by atoms with Crippen molar-refractivity contribution in [1.82, 2.24) is 15.1 Å². The SMILES string of the molecule is O=C(Cn1nc(-c2cccs2)oc1=O)NC1CCCC1. The minimum atomic E-state index is -0.602. The van der Waals surface area contributed by atoms with Crippen molar-refractivity contribution in [3.8, 4) is 10.8 Å². The van der Waals surface area contributed by atoms with Crippen LogP contribution in [0, 0.1) is 0 Å². The summed E-state index contributed by atoms with van der Waals surface area (Å²) in [5, 5.41) is 8.85. The molecule has 1 saturated carbocycles. The number of nitrogens with one attached hydrogen (secondary N) is 1. The summed E-state index contributed by atoms with van der Waals surface area (Å²) in [5.41, 5.74) is 0. The molecule has 0 aliphatic heterocycles. The van der Waals surface area contributed by atoms with Crippen LogP contribution in [0.4, 0.5) is 0 Å². The Balaban J connectivity index is 1.68. The zero-order chi connectivity index (χ0) is 13.9. The predicted octanol–water partition coefficient (Wildman–Crippen LogP) is 1.62. The highest BCUT2D eigenvalue weighted by Crippen LogP contribution is 2.21. The maximum Gasteiger partial charge on any atom is 0.437 e. The quantitative estimate of drug-likeness (QED) is 0.929. The van der Waals surface area contributed by atoms with E-state index in [-0.39, 0.29) is 24.4 Å². The summed E-state index contributed by atoms with van der Waals surface area (Å²) in [6.45, 7) is -0.0930. The van der Waals surface area contributed by atoms with E-state index < -0.39 is 5.76 Å². The van der Waals surface area contributed by atoms with Crippen LogP contribution in [0.2, 0.25) is 0 Å². The van der Waals surface area contributed by atoms with Gasteiger partial charge in [-0.25, -0.2) is 4.79 Å². The lowest BCUT2D eigenvalue weighted by Crippen LogP contribution is -2.37. The molecule has 6 nitrogen and oxygen atoms in total. The van der Waals surface area contributed by atoms with Gasteiger partial charge < -0.3 is 9.73 Å². The van der Waals surface area contributed by atoms with Crippen LogP contribution in [0.15, 0.2) is 26.7 Å². The Bertz CT molecular complexity index is 638. The molecule has 1 amide bonds. The summed E-state index contributed by atoms with van der Waals surface area (Å²) in [5.74, 6) is -0.529. The molecule has 0 unspecified atom stereocenters. The average molecular weight is 293 g/mol. The van der Waals surface area contributed by atoms with E-state index in [1.54, 1.807) is 0 Å². The van der Waals surface area contributed by atoms with E-state index in [1.807, 2.05) is 17.5 Å². The fraction of sp³-hybridized carbons (Fsp3) is 0.462. The summed E-state index contributed by atoms with van der Waals surface area (Å²) in [7, 11) is 0. The first-order valence-corrected chi connectivity index (χ1v) is 7.51. The summed E-state index contributed by atoms with van der Waals surface area (Å²) in [4.78, 5) is 24.3. The number of carbonyl (C=O) groups is 1. The van der Waals surface area contributed by atoms with Crippen molar-refractivity contribution in [2.75, 3.05) is 0 Å². The van der Waals surface area contributed by atoms with Gasteiger partial charge in [0.05, 0.1) is 4.88 Å². The zero-order valence-corrected chi connectivity index (χ0v) is 11.7. The molecule has 1 N–H and O–H groups in total. The first-order valence-electron chi connectivity index (χ1n) is 6.63. The van der Waals surface area contributed by atoms with Crippen molar-refractivity contribution in [1.29, 1.82) is 0 Å². The summed E-state index contributed by atoms with van der Waals surface area (Å²) >= 11 is 1.43. The number of aromatic nitrogens is 2. The highest BCUT2D eigenvalue weighted by molar-refractivity contribution is 7.13. The molecule has 20 heavy (non-hydrogen) atoms. The van der Waals surface area contributed by atoms with Crippen molar-refractivity contribution in [2.24, 2.45) is 0 Å². The third-order valence-electron chi connectivity index (χ3n) is 3.35. The van der Waals surface area contributed by atoms with Crippen molar-refractivity contribution < 1.29 is 9.21 Å². The second-order valence-corrected chi connectivity index (χ2v) is 5.80. The van der Waals surface area contributed by atoms with Gasteiger partial charge in [0.2, 0.25) is 5.91 Å². The monoisotopic (exact) mass is 293 g/mol. The number of hydrogen-bond acceptors (Lipinski definition) is 5. The fourth-order valence-electron chi connectivity index (χ4n) is 2.39. The molecule has 3 rings (SSSR count). The third-order valence-corrected chi connectivity index (χ3v) is 4.21. The molecule has 0 bridgehead atoms. The number of rotatable bonds is 4. The Morgan fingerprint density at radius 3 is 3.00 bits per heavy atom. The molecule has 106 valence electrons. The van der Waals surface area contributed by atoms with Crippen molar-refractivity contribution in [3.63, 3.8) is 0 Å². The van der Waals surface area contributed by atoms with Crippen LogP contribution in [0.3, 0.4) is 0 Å². The predicted molar refractivity (Wildman–Crippen MR) is 74.5 cm³/mol.